The quantitative estimate of drug-likeness (QED) is 0.405. The summed E-state index contributed by atoms with van der Waals surface area (Å²) in [5.74, 6) is 0.702. The molecule has 0 aliphatic rings. The van der Waals surface area contributed by atoms with Crippen LogP contribution in [0.5, 0.6) is 11.5 Å². The Kier molecular flexibility index (Phi) is 5.11. The molecule has 0 atom stereocenters. The maximum absolute atomic E-state index is 6.08. The second-order valence-electron chi connectivity index (χ2n) is 3.77. The zero-order valence-corrected chi connectivity index (χ0v) is 13.7. The first-order valence-corrected chi connectivity index (χ1v) is 7.26. The van der Waals surface area contributed by atoms with Crippen molar-refractivity contribution in [3.05, 3.63) is 61.5 Å². The van der Waals surface area contributed by atoms with Gasteiger partial charge in [0.25, 0.3) is 0 Å². The van der Waals surface area contributed by atoms with Gasteiger partial charge in [0.1, 0.15) is 15.8 Å². The molecule has 1 nitrogen and oxygen atoms in total. The lowest BCUT2D eigenvalue weighted by atomic mass is 10.2. The van der Waals surface area contributed by atoms with Gasteiger partial charge in [-0.3, -0.25) is 0 Å². The van der Waals surface area contributed by atoms with Crippen molar-refractivity contribution >= 4 is 64.1 Å². The number of hydrogen-bond acceptors (Lipinski definition) is 1. The fourth-order valence-corrected chi connectivity index (χ4v) is 2.66. The molecule has 2 aromatic rings. The third-order valence-electron chi connectivity index (χ3n) is 2.51. The minimum absolute atomic E-state index is 0.0951. The Morgan fingerprint density at radius 2 is 1.20 bits per heavy atom. The van der Waals surface area contributed by atoms with Crippen LogP contribution >= 0.6 is 58.0 Å². The van der Waals surface area contributed by atoms with Gasteiger partial charge in [-0.1, -0.05) is 82.8 Å². The van der Waals surface area contributed by atoms with Gasteiger partial charge in [-0.2, -0.15) is 0 Å². The number of ether oxygens (including phenoxy) is 1. The summed E-state index contributed by atoms with van der Waals surface area (Å²) >= 11 is 30.0. The van der Waals surface area contributed by atoms with Gasteiger partial charge in [0.2, 0.25) is 0 Å². The van der Waals surface area contributed by atoms with E-state index in [4.69, 9.17) is 62.7 Å². The lowest BCUT2D eigenvalue weighted by molar-refractivity contribution is 0.483. The molecule has 0 bridgehead atoms. The Morgan fingerprint density at radius 1 is 0.750 bits per heavy atom. The van der Waals surface area contributed by atoms with Gasteiger partial charge in [0, 0.05) is 0 Å². The van der Waals surface area contributed by atoms with Crippen molar-refractivity contribution in [3.63, 3.8) is 0 Å². The zero-order valence-electron chi connectivity index (χ0n) is 9.89. The van der Waals surface area contributed by atoms with Crippen LogP contribution in [0.3, 0.4) is 0 Å². The Bertz CT molecular complexity index is 635. The van der Waals surface area contributed by atoms with E-state index in [1.807, 2.05) is 12.1 Å². The van der Waals surface area contributed by atoms with Crippen LogP contribution in [-0.2, 0) is 0 Å². The molecule has 2 aromatic carbocycles. The van der Waals surface area contributed by atoms with Crippen molar-refractivity contribution in [1.82, 2.24) is 0 Å². The highest BCUT2D eigenvalue weighted by Gasteiger charge is 2.21. The average molecular weight is 368 g/mol. The predicted octanol–water partition coefficient (Wildman–Crippen LogP) is 7.39. The van der Waals surface area contributed by atoms with Crippen LogP contribution in [0, 0.1) is 0 Å². The Morgan fingerprint density at radius 3 is 1.65 bits per heavy atom. The number of benzene rings is 2. The molecule has 20 heavy (non-hydrogen) atoms. The maximum Gasteiger partial charge on any atom is 0.167 e. The SMILES string of the molecule is C=Cc1ccc(Oc2c(Cl)c(Cl)c(Cl)c(Cl)c2Cl)cc1. The monoisotopic (exact) mass is 366 g/mol. The Labute approximate surface area is 141 Å². The van der Waals surface area contributed by atoms with Crippen molar-refractivity contribution in [2.24, 2.45) is 0 Å². The zero-order chi connectivity index (χ0) is 14.9. The van der Waals surface area contributed by atoms with Crippen molar-refractivity contribution in [2.75, 3.05) is 0 Å². The minimum Gasteiger partial charge on any atom is -0.454 e. The van der Waals surface area contributed by atoms with Gasteiger partial charge in [0.15, 0.2) is 5.75 Å². The minimum atomic E-state index is 0.0951. The third-order valence-corrected chi connectivity index (χ3v) is 4.75. The third kappa shape index (κ3) is 3.03. The first kappa shape index (κ1) is 15.8. The van der Waals surface area contributed by atoms with E-state index < -0.39 is 0 Å². The largest absolute Gasteiger partial charge is 0.454 e. The summed E-state index contributed by atoms with van der Waals surface area (Å²) in [6, 6.07) is 7.17. The van der Waals surface area contributed by atoms with E-state index in [1.165, 1.54) is 0 Å². The van der Waals surface area contributed by atoms with E-state index >= 15 is 0 Å². The molecule has 0 fully saturated rings. The molecule has 0 radical (unpaired) electrons. The van der Waals surface area contributed by atoms with Gasteiger partial charge in [-0.15, -0.1) is 0 Å². The Balaban J connectivity index is 2.45. The van der Waals surface area contributed by atoms with Crippen LogP contribution in [0.1, 0.15) is 5.56 Å². The predicted molar refractivity (Wildman–Crippen MR) is 88.1 cm³/mol. The molecule has 0 unspecified atom stereocenters. The van der Waals surface area contributed by atoms with Gasteiger partial charge in [0.05, 0.1) is 15.1 Å². The van der Waals surface area contributed by atoms with E-state index in [0.29, 0.717) is 5.75 Å². The van der Waals surface area contributed by atoms with Gasteiger partial charge < -0.3 is 4.74 Å². The molecule has 0 N–H and O–H groups in total. The van der Waals surface area contributed by atoms with Crippen LogP contribution in [-0.4, -0.2) is 0 Å². The molecule has 0 aliphatic heterocycles. The fourth-order valence-electron chi connectivity index (χ4n) is 1.46. The van der Waals surface area contributed by atoms with Gasteiger partial charge in [-0.25, -0.2) is 0 Å². The van der Waals surface area contributed by atoms with Crippen LogP contribution in [0.2, 0.25) is 25.1 Å². The molecule has 0 saturated carbocycles. The van der Waals surface area contributed by atoms with Crippen LogP contribution in [0.15, 0.2) is 30.8 Å². The van der Waals surface area contributed by atoms with E-state index in [0.717, 1.165) is 5.56 Å². The molecule has 0 heterocycles. The van der Waals surface area contributed by atoms with Gasteiger partial charge >= 0.3 is 0 Å². The van der Waals surface area contributed by atoms with E-state index in [2.05, 4.69) is 6.58 Å². The van der Waals surface area contributed by atoms with Crippen LogP contribution < -0.4 is 4.74 Å². The molecule has 0 aromatic heterocycles. The number of hydrogen-bond donors (Lipinski definition) is 0. The summed E-state index contributed by atoms with van der Waals surface area (Å²) in [7, 11) is 0. The summed E-state index contributed by atoms with van der Waals surface area (Å²) < 4.78 is 5.63. The van der Waals surface area contributed by atoms with Crippen molar-refractivity contribution in [2.45, 2.75) is 0 Å². The summed E-state index contributed by atoms with van der Waals surface area (Å²) in [6.45, 7) is 3.67. The molecule has 0 amide bonds. The lowest BCUT2D eigenvalue weighted by Gasteiger charge is -2.13. The van der Waals surface area contributed by atoms with Crippen molar-refractivity contribution < 1.29 is 4.74 Å². The molecular formula is C14H7Cl5O. The average Bonchev–Trinajstić information content (AvgIpc) is 2.48. The summed E-state index contributed by atoms with van der Waals surface area (Å²) in [6.07, 6.45) is 1.72. The van der Waals surface area contributed by atoms with Crippen LogP contribution in [0.4, 0.5) is 0 Å². The topological polar surface area (TPSA) is 9.23 Å². The normalized spacial score (nSPS) is 10.4. The summed E-state index contributed by atoms with van der Waals surface area (Å²) in [4.78, 5) is 0. The standard InChI is InChI=1S/C14H7Cl5O/c1-2-7-3-5-8(6-4-7)20-14-12(18)10(16)9(15)11(17)13(14)19/h2-6H,1H2. The molecule has 0 spiro atoms. The lowest BCUT2D eigenvalue weighted by Crippen LogP contribution is -1.89. The molecule has 0 aliphatic carbocycles. The van der Waals surface area contributed by atoms with E-state index in [1.54, 1.807) is 18.2 Å². The molecule has 2 rings (SSSR count). The Hall–Kier alpha value is -0.570. The highest BCUT2D eigenvalue weighted by Crippen LogP contribution is 2.49. The van der Waals surface area contributed by atoms with Crippen molar-refractivity contribution in [3.8, 4) is 11.5 Å². The van der Waals surface area contributed by atoms with E-state index in [-0.39, 0.29) is 30.9 Å². The highest BCUT2D eigenvalue weighted by atomic mass is 35.5. The van der Waals surface area contributed by atoms with Crippen molar-refractivity contribution in [1.29, 1.82) is 0 Å². The number of rotatable bonds is 3. The first-order chi connectivity index (χ1) is 9.45. The fraction of sp³-hybridized carbons (Fsp3) is 0. The second-order valence-corrected chi connectivity index (χ2v) is 5.66. The van der Waals surface area contributed by atoms with Gasteiger partial charge in [-0.05, 0) is 17.7 Å². The maximum atomic E-state index is 6.08. The van der Waals surface area contributed by atoms with E-state index in [9.17, 15) is 0 Å². The smallest absolute Gasteiger partial charge is 0.167 e. The highest BCUT2D eigenvalue weighted by molar-refractivity contribution is 6.55. The first-order valence-electron chi connectivity index (χ1n) is 5.37. The second kappa shape index (κ2) is 6.46. The van der Waals surface area contributed by atoms with Crippen LogP contribution in [0.25, 0.3) is 6.08 Å². The summed E-state index contributed by atoms with van der Waals surface area (Å²) in [5.41, 5.74) is 0.960. The number of halogens is 5. The molecule has 0 saturated heterocycles. The molecule has 6 heteroatoms. The summed E-state index contributed by atoms with van der Waals surface area (Å²) in [5, 5.41) is 0.510. The molecular weight excluding hydrogens is 361 g/mol. The molecule has 104 valence electrons.